The zero-order valence-corrected chi connectivity index (χ0v) is 13.4. The van der Waals surface area contributed by atoms with Gasteiger partial charge < -0.3 is 10.4 Å². The van der Waals surface area contributed by atoms with Crippen LogP contribution >= 0.6 is 11.8 Å². The van der Waals surface area contributed by atoms with Crippen molar-refractivity contribution in [3.63, 3.8) is 0 Å². The second-order valence-electron chi connectivity index (χ2n) is 5.06. The van der Waals surface area contributed by atoms with E-state index < -0.39 is 5.97 Å². The van der Waals surface area contributed by atoms with Crippen molar-refractivity contribution in [3.8, 4) is 0 Å². The molecule has 1 amide bonds. The van der Waals surface area contributed by atoms with Crippen molar-refractivity contribution in [2.75, 3.05) is 5.75 Å². The van der Waals surface area contributed by atoms with Crippen LogP contribution in [0.3, 0.4) is 0 Å². The minimum atomic E-state index is -0.872. The second-order valence-corrected chi connectivity index (χ2v) is 6.23. The number of carboxylic acids is 1. The van der Waals surface area contributed by atoms with Crippen LogP contribution in [0.5, 0.6) is 0 Å². The first-order valence-electron chi connectivity index (χ1n) is 7.22. The minimum absolute atomic E-state index is 0.00924. The lowest BCUT2D eigenvalue weighted by atomic mass is 10.1. The fraction of sp³-hybridized carbons (Fsp3) is 0.500. The third kappa shape index (κ3) is 7.75. The molecule has 116 valence electrons. The monoisotopic (exact) mass is 309 g/mol. The number of thioether (sulfide) groups is 1. The van der Waals surface area contributed by atoms with Crippen LogP contribution in [0.1, 0.15) is 38.2 Å². The number of hydrogen-bond acceptors (Lipinski definition) is 3. The Morgan fingerprint density at radius 2 is 1.95 bits per heavy atom. The molecule has 0 radical (unpaired) electrons. The van der Waals surface area contributed by atoms with E-state index in [0.717, 1.165) is 11.3 Å². The summed E-state index contributed by atoms with van der Waals surface area (Å²) in [6.45, 7) is 4.02. The normalized spacial score (nSPS) is 11.9. The number of nitrogens with one attached hydrogen (secondary N) is 1. The highest BCUT2D eigenvalue weighted by Gasteiger charge is 2.14. The molecule has 4 nitrogen and oxygen atoms in total. The molecular formula is C16H23NO3S. The van der Waals surface area contributed by atoms with Crippen LogP contribution in [0.25, 0.3) is 0 Å². The molecule has 1 atom stereocenters. The van der Waals surface area contributed by atoms with E-state index in [1.54, 1.807) is 11.8 Å². The van der Waals surface area contributed by atoms with Gasteiger partial charge in [0.2, 0.25) is 5.91 Å². The van der Waals surface area contributed by atoms with Crippen molar-refractivity contribution in [3.05, 3.63) is 29.8 Å². The van der Waals surface area contributed by atoms with Crippen molar-refractivity contribution in [2.45, 2.75) is 50.5 Å². The molecule has 0 aliphatic heterocycles. The Balaban J connectivity index is 2.31. The molecule has 1 unspecified atom stereocenters. The predicted molar refractivity (Wildman–Crippen MR) is 85.6 cm³/mol. The van der Waals surface area contributed by atoms with Crippen molar-refractivity contribution < 1.29 is 14.7 Å². The number of rotatable bonds is 9. The van der Waals surface area contributed by atoms with E-state index in [1.165, 1.54) is 5.56 Å². The summed E-state index contributed by atoms with van der Waals surface area (Å²) in [4.78, 5) is 23.7. The molecule has 5 heteroatoms. The highest BCUT2D eigenvalue weighted by atomic mass is 32.2. The molecule has 1 aromatic rings. The van der Waals surface area contributed by atoms with Crippen LogP contribution in [0.2, 0.25) is 0 Å². The van der Waals surface area contributed by atoms with Gasteiger partial charge in [0.25, 0.3) is 0 Å². The van der Waals surface area contributed by atoms with E-state index in [0.29, 0.717) is 18.6 Å². The largest absolute Gasteiger partial charge is 0.481 e. The maximum atomic E-state index is 11.8. The number of aliphatic carboxylic acids is 1. The number of amides is 1. The van der Waals surface area contributed by atoms with Crippen LogP contribution in [-0.4, -0.2) is 28.8 Å². The van der Waals surface area contributed by atoms with E-state index in [-0.39, 0.29) is 18.4 Å². The van der Waals surface area contributed by atoms with E-state index in [9.17, 15) is 9.59 Å². The Labute approximate surface area is 130 Å². The Morgan fingerprint density at radius 3 is 2.52 bits per heavy atom. The lowest BCUT2D eigenvalue weighted by molar-refractivity contribution is -0.137. The lowest BCUT2D eigenvalue weighted by Crippen LogP contribution is -2.36. The van der Waals surface area contributed by atoms with Crippen molar-refractivity contribution in [2.24, 2.45) is 0 Å². The third-order valence-corrected chi connectivity index (χ3v) is 4.06. The maximum Gasteiger partial charge on any atom is 0.305 e. The minimum Gasteiger partial charge on any atom is -0.481 e. The number of benzene rings is 1. The van der Waals surface area contributed by atoms with Gasteiger partial charge in [-0.3, -0.25) is 9.59 Å². The summed E-state index contributed by atoms with van der Waals surface area (Å²) in [6, 6.07) is 7.92. The van der Waals surface area contributed by atoms with Gasteiger partial charge in [-0.25, -0.2) is 0 Å². The van der Waals surface area contributed by atoms with Crippen molar-refractivity contribution in [1.29, 1.82) is 0 Å². The average molecular weight is 309 g/mol. The fourth-order valence-corrected chi connectivity index (χ4v) is 2.83. The van der Waals surface area contributed by atoms with Crippen molar-refractivity contribution >= 4 is 23.6 Å². The number of carbonyl (C=O) groups excluding carboxylic acids is 1. The quantitative estimate of drug-likeness (QED) is 0.687. The van der Waals surface area contributed by atoms with Crippen LogP contribution in [0.15, 0.2) is 29.2 Å². The number of carbonyl (C=O) groups is 2. The zero-order chi connectivity index (χ0) is 15.7. The summed E-state index contributed by atoms with van der Waals surface area (Å²) in [5.41, 5.74) is 1.22. The van der Waals surface area contributed by atoms with Crippen LogP contribution < -0.4 is 5.32 Å². The molecular weight excluding hydrogens is 286 g/mol. The van der Waals surface area contributed by atoms with E-state index >= 15 is 0 Å². The SMILES string of the molecule is CCCC(CC(=O)O)NC(=O)CCSc1ccc(C)cc1. The number of aryl methyl sites for hydroxylation is 1. The molecule has 0 fully saturated rings. The first-order valence-corrected chi connectivity index (χ1v) is 8.20. The molecule has 0 saturated carbocycles. The molecule has 2 N–H and O–H groups in total. The van der Waals surface area contributed by atoms with Crippen LogP contribution in [0, 0.1) is 6.92 Å². The van der Waals surface area contributed by atoms with E-state index in [1.807, 2.05) is 38.1 Å². The molecule has 1 rings (SSSR count). The highest BCUT2D eigenvalue weighted by molar-refractivity contribution is 7.99. The van der Waals surface area contributed by atoms with Gasteiger partial charge in [-0.05, 0) is 25.5 Å². The topological polar surface area (TPSA) is 66.4 Å². The first kappa shape index (κ1) is 17.6. The van der Waals surface area contributed by atoms with E-state index in [2.05, 4.69) is 5.32 Å². The maximum absolute atomic E-state index is 11.8. The number of carboxylic acid groups (broad SMARTS) is 1. The summed E-state index contributed by atoms with van der Waals surface area (Å²) >= 11 is 1.63. The van der Waals surface area contributed by atoms with Gasteiger partial charge in [-0.2, -0.15) is 0 Å². The predicted octanol–water partition coefficient (Wildman–Crippen LogP) is 3.24. The zero-order valence-electron chi connectivity index (χ0n) is 12.6. The lowest BCUT2D eigenvalue weighted by Gasteiger charge is -2.15. The Bertz CT molecular complexity index is 459. The summed E-state index contributed by atoms with van der Waals surface area (Å²) < 4.78 is 0. The standard InChI is InChI=1S/C16H23NO3S/c1-3-4-13(11-16(19)20)17-15(18)9-10-21-14-7-5-12(2)6-8-14/h5-8,13H,3-4,9-11H2,1-2H3,(H,17,18)(H,19,20). The number of hydrogen-bond donors (Lipinski definition) is 2. The summed E-state index contributed by atoms with van der Waals surface area (Å²) in [5.74, 6) is -0.252. The Hall–Kier alpha value is -1.49. The van der Waals surface area contributed by atoms with Gasteiger partial charge in [0.05, 0.1) is 6.42 Å². The van der Waals surface area contributed by atoms with Gasteiger partial charge in [-0.1, -0.05) is 31.0 Å². The summed E-state index contributed by atoms with van der Waals surface area (Å²) in [5, 5.41) is 11.6. The molecule has 0 saturated heterocycles. The van der Waals surface area contributed by atoms with Gasteiger partial charge in [0, 0.05) is 23.1 Å². The molecule has 0 heterocycles. The van der Waals surface area contributed by atoms with Crippen molar-refractivity contribution in [1.82, 2.24) is 5.32 Å². The van der Waals surface area contributed by atoms with Gasteiger partial charge >= 0.3 is 5.97 Å². The molecule has 0 aliphatic rings. The smallest absolute Gasteiger partial charge is 0.305 e. The van der Waals surface area contributed by atoms with Crippen LogP contribution in [0.4, 0.5) is 0 Å². The summed E-state index contributed by atoms with van der Waals surface area (Å²) in [7, 11) is 0. The van der Waals surface area contributed by atoms with E-state index in [4.69, 9.17) is 5.11 Å². The first-order chi connectivity index (χ1) is 10.0. The highest BCUT2D eigenvalue weighted by Crippen LogP contribution is 2.19. The Morgan fingerprint density at radius 1 is 1.29 bits per heavy atom. The van der Waals surface area contributed by atoms with Gasteiger partial charge in [0.15, 0.2) is 0 Å². The van der Waals surface area contributed by atoms with Gasteiger partial charge in [-0.15, -0.1) is 11.8 Å². The average Bonchev–Trinajstić information content (AvgIpc) is 2.40. The molecule has 1 aromatic carbocycles. The molecule has 0 aromatic heterocycles. The molecule has 0 aliphatic carbocycles. The van der Waals surface area contributed by atoms with Gasteiger partial charge in [0.1, 0.15) is 0 Å². The molecule has 0 bridgehead atoms. The Kier molecular flexibility index (Phi) is 7.90. The van der Waals surface area contributed by atoms with Crippen LogP contribution in [-0.2, 0) is 9.59 Å². The third-order valence-electron chi connectivity index (χ3n) is 3.04. The fourth-order valence-electron chi connectivity index (χ4n) is 1.98. The molecule has 0 spiro atoms. The second kappa shape index (κ2) is 9.45. The molecule has 21 heavy (non-hydrogen) atoms. The summed E-state index contributed by atoms with van der Waals surface area (Å²) in [6.07, 6.45) is 1.95.